The standard InChI is InChI=1S/3C21H24FN5O4S2/c3*22-18-11-24-20(32-18)8-16(28)15(7-12-3-5-31-6-4-12)27-21-14(10-25-27)17(9-19(23)26-21)33(29,30)13-1-2-13/h3*9-13,15H,1-8H2,(H2,23,26)/t2*15-;/m10./s1. The topological polar surface area (TPSA) is 390 Å². The van der Waals surface area contributed by atoms with E-state index in [1.54, 1.807) is 0 Å². The number of carbonyl (C=O) groups is 3. The quantitative estimate of drug-likeness (QED) is 0.0513. The molecule has 0 aromatic carbocycles. The zero-order chi connectivity index (χ0) is 69.5. The third-order valence-corrected chi connectivity index (χ3v) is 28.0. The Morgan fingerprint density at radius 2 is 0.677 bits per heavy atom. The van der Waals surface area contributed by atoms with Crippen molar-refractivity contribution < 1.29 is 67.0 Å². The minimum absolute atomic E-state index is 0.0423. The van der Waals surface area contributed by atoms with Crippen LogP contribution in [0.1, 0.15) is 129 Å². The number of nitrogens with two attached hydrogens (primary N) is 3. The van der Waals surface area contributed by atoms with Gasteiger partial charge in [0.2, 0.25) is 0 Å². The van der Waals surface area contributed by atoms with Gasteiger partial charge in [-0.1, -0.05) is 34.0 Å². The lowest BCUT2D eigenvalue weighted by Crippen LogP contribution is -2.27. The number of Topliss-reactive ketones (excluding diaryl/α,β-unsaturated/α-hetero) is 3. The summed E-state index contributed by atoms with van der Waals surface area (Å²) in [7, 11) is -10.6. The molecule has 0 bridgehead atoms. The van der Waals surface area contributed by atoms with Crippen molar-refractivity contribution in [2.45, 2.75) is 164 Å². The van der Waals surface area contributed by atoms with E-state index in [2.05, 4.69) is 45.2 Å². The Kier molecular flexibility index (Phi) is 20.8. The van der Waals surface area contributed by atoms with Gasteiger partial charge in [-0.25, -0.2) is 69.2 Å². The van der Waals surface area contributed by atoms with Crippen LogP contribution in [0.5, 0.6) is 0 Å². The van der Waals surface area contributed by atoms with Crippen LogP contribution in [0.3, 0.4) is 0 Å². The van der Waals surface area contributed by atoms with Crippen LogP contribution in [-0.4, -0.2) is 157 Å². The zero-order valence-electron chi connectivity index (χ0n) is 53.4. The van der Waals surface area contributed by atoms with Gasteiger partial charge in [0, 0.05) is 39.6 Å². The number of anilines is 3. The van der Waals surface area contributed by atoms with Crippen LogP contribution in [0.15, 0.2) is 70.1 Å². The lowest BCUT2D eigenvalue weighted by Gasteiger charge is -2.26. The number of pyridine rings is 3. The first-order chi connectivity index (χ1) is 47.5. The Bertz CT molecular complexity index is 4360. The predicted molar refractivity (Wildman–Crippen MR) is 360 cm³/mol. The summed E-state index contributed by atoms with van der Waals surface area (Å²) in [5, 5.41) is 12.9. The highest BCUT2D eigenvalue weighted by molar-refractivity contribution is 7.93. The van der Waals surface area contributed by atoms with Crippen molar-refractivity contribution in [2.24, 2.45) is 17.8 Å². The first kappa shape index (κ1) is 70.1. The van der Waals surface area contributed by atoms with E-state index in [-0.39, 0.29) is 103 Å². The van der Waals surface area contributed by atoms with E-state index < -0.39 is 78.8 Å². The number of sulfone groups is 3. The second-order valence-electron chi connectivity index (χ2n) is 25.9. The van der Waals surface area contributed by atoms with Gasteiger partial charge in [-0.05, 0) is 132 Å². The summed E-state index contributed by atoms with van der Waals surface area (Å²) in [6.45, 7) is 3.74. The average molecular weight is 1480 g/mol. The molecule has 3 aliphatic carbocycles. The number of hydrogen-bond acceptors (Lipinski definition) is 27. The van der Waals surface area contributed by atoms with E-state index in [4.69, 9.17) is 31.4 Å². The predicted octanol–water partition coefficient (Wildman–Crippen LogP) is 8.14. The van der Waals surface area contributed by atoms with Gasteiger partial charge in [-0.3, -0.25) is 14.4 Å². The molecule has 0 radical (unpaired) electrons. The maximum atomic E-state index is 13.4. The monoisotopic (exact) mass is 1480 g/mol. The van der Waals surface area contributed by atoms with Crippen LogP contribution in [0.4, 0.5) is 30.6 Å². The molecule has 9 aromatic heterocycles. The summed E-state index contributed by atoms with van der Waals surface area (Å²) in [6, 6.07) is 2.00. The highest BCUT2D eigenvalue weighted by atomic mass is 32.2. The second-order valence-corrected chi connectivity index (χ2v) is 35.7. The number of nitrogens with zero attached hydrogens (tertiary/aromatic N) is 12. The third-order valence-electron chi connectivity index (χ3n) is 18.7. The molecular formula is C63H72F3N15O12S6. The van der Waals surface area contributed by atoms with E-state index in [0.29, 0.717) is 129 Å². The molecule has 3 saturated carbocycles. The number of ketones is 3. The van der Waals surface area contributed by atoms with Crippen molar-refractivity contribution in [1.29, 1.82) is 0 Å². The van der Waals surface area contributed by atoms with Crippen LogP contribution in [0.25, 0.3) is 33.1 Å². The number of ether oxygens (including phenoxy) is 3. The summed E-state index contributed by atoms with van der Waals surface area (Å²) >= 11 is 2.51. The summed E-state index contributed by atoms with van der Waals surface area (Å²) in [4.78, 5) is 65.5. The maximum absolute atomic E-state index is 13.4. The number of rotatable bonds is 24. The highest BCUT2D eigenvalue weighted by Crippen LogP contribution is 2.42. The Labute approximate surface area is 578 Å². The molecule has 9 aromatic rings. The average Bonchev–Trinajstić information content (AvgIpc) is 1.48. The Morgan fingerprint density at radius 3 is 0.899 bits per heavy atom. The van der Waals surface area contributed by atoms with Gasteiger partial charge in [0.25, 0.3) is 0 Å². The number of thiazole rings is 3. The number of halogens is 3. The molecule has 0 amide bonds. The van der Waals surface area contributed by atoms with Crippen LogP contribution in [-0.2, 0) is 77.4 Å². The maximum Gasteiger partial charge on any atom is 0.196 e. The molecule has 15 rings (SSSR count). The van der Waals surface area contributed by atoms with Crippen molar-refractivity contribution in [1.82, 2.24) is 59.2 Å². The molecule has 6 N–H and O–H groups in total. The summed E-state index contributed by atoms with van der Waals surface area (Å²) < 4.78 is 139. The number of carbonyl (C=O) groups excluding carboxylic acids is 3. The van der Waals surface area contributed by atoms with Crippen molar-refractivity contribution in [3.63, 3.8) is 0 Å². The Morgan fingerprint density at radius 1 is 0.424 bits per heavy atom. The molecule has 0 spiro atoms. The van der Waals surface area contributed by atoms with Gasteiger partial charge >= 0.3 is 0 Å². The smallest absolute Gasteiger partial charge is 0.196 e. The number of nitrogen functional groups attached to an aromatic ring is 3. The first-order valence-electron chi connectivity index (χ1n) is 32.7. The molecule has 1 unspecified atom stereocenters. The number of aromatic nitrogens is 12. The van der Waals surface area contributed by atoms with Crippen LogP contribution in [0.2, 0.25) is 0 Å². The van der Waals surface area contributed by atoms with Gasteiger partial charge in [-0.15, -0.1) is 0 Å². The fourth-order valence-electron chi connectivity index (χ4n) is 13.0. The van der Waals surface area contributed by atoms with Crippen molar-refractivity contribution in [2.75, 3.05) is 56.8 Å². The van der Waals surface area contributed by atoms with Crippen LogP contribution >= 0.6 is 34.0 Å². The van der Waals surface area contributed by atoms with Gasteiger partial charge in [0.15, 0.2) is 79.2 Å². The fraction of sp³-hybridized carbons (Fsp3) is 0.524. The number of hydrogen-bond donors (Lipinski definition) is 3. The van der Waals surface area contributed by atoms with E-state index in [9.17, 15) is 52.8 Å². The number of fused-ring (bicyclic) bond motifs is 3. The molecule has 6 aliphatic rings. The lowest BCUT2D eigenvalue weighted by molar-refractivity contribution is -0.123. The van der Waals surface area contributed by atoms with Crippen molar-refractivity contribution in [3.05, 3.63) is 85.8 Å². The minimum atomic E-state index is -3.55. The van der Waals surface area contributed by atoms with Crippen LogP contribution < -0.4 is 17.2 Å². The molecule has 528 valence electrons. The SMILES string of the molecule is Nc1cc(S(=O)(=O)C2CC2)c2cnn(C(CC3CCOCC3)C(=O)Cc3ncc(F)s3)c2n1.Nc1cc(S(=O)(=O)C2CC2)c2cnn([C@@H](CC3CCOCC3)C(=O)Cc3ncc(F)s3)c2n1.Nc1cc(S(=O)(=O)C2CC2)c2cnn([C@H](CC3CCOCC3)C(=O)Cc3ncc(F)s3)c2n1. The molecule has 3 aliphatic heterocycles. The van der Waals surface area contributed by atoms with Crippen LogP contribution in [0, 0.1) is 33.1 Å². The zero-order valence-corrected chi connectivity index (χ0v) is 58.3. The summed E-state index contributed by atoms with van der Waals surface area (Å²) in [5.74, 6) is 0.320. The molecule has 3 atom stereocenters. The van der Waals surface area contributed by atoms with Crippen molar-refractivity contribution >= 4 is 131 Å². The molecule has 27 nitrogen and oxygen atoms in total. The van der Waals surface area contributed by atoms with E-state index in [1.807, 2.05) is 0 Å². The normalized spacial score (nSPS) is 18.6. The molecule has 99 heavy (non-hydrogen) atoms. The summed E-state index contributed by atoms with van der Waals surface area (Å²) in [5.41, 5.74) is 18.8. The Hall–Kier alpha value is -7.32. The highest BCUT2D eigenvalue weighted by Gasteiger charge is 2.43. The molecule has 12 heterocycles. The Balaban J connectivity index is 0.000000133. The van der Waals surface area contributed by atoms with Gasteiger partial charge < -0.3 is 31.4 Å². The van der Waals surface area contributed by atoms with E-state index >= 15 is 0 Å². The van der Waals surface area contributed by atoms with E-state index in [1.165, 1.54) is 50.8 Å². The van der Waals surface area contributed by atoms with E-state index in [0.717, 1.165) is 91.1 Å². The lowest BCUT2D eigenvalue weighted by atomic mass is 9.90. The second kappa shape index (κ2) is 29.3. The minimum Gasteiger partial charge on any atom is -0.384 e. The van der Waals surface area contributed by atoms with Gasteiger partial charge in [-0.2, -0.15) is 28.5 Å². The molecule has 6 fully saturated rings. The third kappa shape index (κ3) is 15.9. The molecule has 36 heteroatoms. The largest absolute Gasteiger partial charge is 0.384 e. The first-order valence-corrected chi connectivity index (χ1v) is 39.8. The molecular weight excluding hydrogens is 1410 g/mol. The summed E-state index contributed by atoms with van der Waals surface area (Å²) in [6.07, 6.45) is 17.6. The van der Waals surface area contributed by atoms with Gasteiger partial charge in [0.1, 0.15) is 50.6 Å². The van der Waals surface area contributed by atoms with Crippen molar-refractivity contribution in [3.8, 4) is 0 Å². The van der Waals surface area contributed by atoms with Gasteiger partial charge in [0.05, 0.1) is 103 Å². The molecule has 3 saturated heterocycles. The fourth-order valence-corrected chi connectivity index (χ4v) is 20.5.